The van der Waals surface area contributed by atoms with Gasteiger partial charge in [-0.1, -0.05) is 6.92 Å². The van der Waals surface area contributed by atoms with Gasteiger partial charge in [-0.15, -0.1) is 0 Å². The molecular weight excluding hydrogens is 224 g/mol. The van der Waals surface area contributed by atoms with E-state index in [1.807, 2.05) is 11.8 Å². The van der Waals surface area contributed by atoms with E-state index in [1.165, 1.54) is 4.68 Å². The van der Waals surface area contributed by atoms with Crippen molar-refractivity contribution in [3.05, 3.63) is 15.8 Å². The van der Waals surface area contributed by atoms with E-state index in [0.717, 1.165) is 0 Å². The highest BCUT2D eigenvalue weighted by Gasteiger charge is 2.33. The van der Waals surface area contributed by atoms with Crippen molar-refractivity contribution < 1.29 is 10.0 Å². The molecule has 0 amide bonds. The van der Waals surface area contributed by atoms with Gasteiger partial charge in [-0.25, -0.2) is 4.68 Å². The highest BCUT2D eigenvalue weighted by Crippen LogP contribution is 2.33. The summed E-state index contributed by atoms with van der Waals surface area (Å²) in [4.78, 5) is 12.6. The second-order valence-corrected chi connectivity index (χ2v) is 4.24. The van der Waals surface area contributed by atoms with E-state index >= 15 is 0 Å². The number of hydrogen-bond donors (Lipinski definition) is 1. The average Bonchev–Trinajstić information content (AvgIpc) is 2.81. The van der Waals surface area contributed by atoms with Gasteiger partial charge in [0.25, 0.3) is 0 Å². The molecule has 2 heterocycles. The van der Waals surface area contributed by atoms with Crippen LogP contribution in [0.25, 0.3) is 0 Å². The molecule has 0 spiro atoms. The minimum Gasteiger partial charge on any atom is -0.391 e. The molecule has 1 aromatic rings. The van der Waals surface area contributed by atoms with Gasteiger partial charge in [-0.05, 0) is 12.8 Å². The third kappa shape index (κ3) is 1.97. The molecule has 94 valence electrons. The maximum absolute atomic E-state index is 11.1. The number of aromatic nitrogens is 2. The molecule has 2 rings (SSSR count). The van der Waals surface area contributed by atoms with Crippen LogP contribution in [-0.4, -0.2) is 39.0 Å². The Morgan fingerprint density at radius 2 is 2.35 bits per heavy atom. The van der Waals surface area contributed by atoms with Crippen LogP contribution in [0, 0.1) is 10.1 Å². The Kier molecular flexibility index (Phi) is 3.01. The van der Waals surface area contributed by atoms with Crippen molar-refractivity contribution in [2.75, 3.05) is 18.0 Å². The average molecular weight is 240 g/mol. The van der Waals surface area contributed by atoms with Crippen molar-refractivity contribution in [2.24, 2.45) is 7.05 Å². The van der Waals surface area contributed by atoms with Crippen molar-refractivity contribution in [2.45, 2.75) is 25.9 Å². The summed E-state index contributed by atoms with van der Waals surface area (Å²) in [7, 11) is 1.70. The predicted octanol–water partition coefficient (Wildman–Crippen LogP) is 0.462. The van der Waals surface area contributed by atoms with E-state index in [-0.39, 0.29) is 10.6 Å². The summed E-state index contributed by atoms with van der Waals surface area (Å²) in [5.41, 5.74) is 0.568. The molecule has 7 heteroatoms. The van der Waals surface area contributed by atoms with Gasteiger partial charge < -0.3 is 10.0 Å². The number of rotatable bonds is 3. The summed E-state index contributed by atoms with van der Waals surface area (Å²) in [5.74, 6) is 0.503. The first-order valence-electron chi connectivity index (χ1n) is 5.67. The Balaban J connectivity index is 2.45. The Morgan fingerprint density at radius 3 is 2.82 bits per heavy atom. The zero-order valence-corrected chi connectivity index (χ0v) is 9.96. The highest BCUT2D eigenvalue weighted by atomic mass is 16.6. The maximum atomic E-state index is 11.1. The van der Waals surface area contributed by atoms with Crippen LogP contribution in [0.3, 0.4) is 0 Å². The molecule has 1 aliphatic heterocycles. The van der Waals surface area contributed by atoms with Crippen molar-refractivity contribution in [1.82, 2.24) is 9.78 Å². The van der Waals surface area contributed by atoms with Crippen molar-refractivity contribution in [1.29, 1.82) is 0 Å². The van der Waals surface area contributed by atoms with E-state index in [9.17, 15) is 15.2 Å². The second kappa shape index (κ2) is 4.33. The molecule has 1 atom stereocenters. The quantitative estimate of drug-likeness (QED) is 0.613. The smallest absolute Gasteiger partial charge is 0.334 e. The fourth-order valence-corrected chi connectivity index (χ4v) is 2.27. The van der Waals surface area contributed by atoms with Gasteiger partial charge in [0.15, 0.2) is 0 Å². The Hall–Kier alpha value is -1.63. The molecular formula is C10H16N4O3. The Morgan fingerprint density at radius 1 is 1.65 bits per heavy atom. The van der Waals surface area contributed by atoms with Crippen LogP contribution in [0.5, 0.6) is 0 Å². The van der Waals surface area contributed by atoms with Gasteiger partial charge in [0.05, 0.1) is 11.0 Å². The predicted molar refractivity (Wildman–Crippen MR) is 62.1 cm³/mol. The van der Waals surface area contributed by atoms with E-state index in [4.69, 9.17) is 0 Å². The molecule has 0 bridgehead atoms. The summed E-state index contributed by atoms with van der Waals surface area (Å²) < 4.78 is 1.54. The van der Waals surface area contributed by atoms with E-state index in [2.05, 4.69) is 5.10 Å². The first-order valence-corrected chi connectivity index (χ1v) is 5.67. The molecule has 17 heavy (non-hydrogen) atoms. The minimum atomic E-state index is -0.408. The summed E-state index contributed by atoms with van der Waals surface area (Å²) in [5, 5.41) is 24.8. The number of anilines is 1. The van der Waals surface area contributed by atoms with Crippen molar-refractivity contribution in [3.8, 4) is 0 Å². The number of nitrogens with zero attached hydrogens (tertiary/aromatic N) is 4. The third-order valence-corrected chi connectivity index (χ3v) is 3.04. The maximum Gasteiger partial charge on any atom is 0.334 e. The van der Waals surface area contributed by atoms with Gasteiger partial charge in [0, 0.05) is 20.1 Å². The lowest BCUT2D eigenvalue weighted by Crippen LogP contribution is -2.24. The number of aliphatic hydroxyl groups is 1. The molecule has 1 fully saturated rings. The molecule has 0 saturated carbocycles. The lowest BCUT2D eigenvalue weighted by atomic mass is 10.3. The van der Waals surface area contributed by atoms with E-state index in [0.29, 0.717) is 37.4 Å². The molecule has 7 nitrogen and oxygen atoms in total. The molecule has 0 aliphatic carbocycles. The number of hydrogen-bond acceptors (Lipinski definition) is 5. The third-order valence-electron chi connectivity index (χ3n) is 3.04. The first-order chi connectivity index (χ1) is 8.04. The van der Waals surface area contributed by atoms with Crippen molar-refractivity contribution >= 4 is 11.5 Å². The fraction of sp³-hybridized carbons (Fsp3) is 0.700. The Bertz CT molecular complexity index is 443. The monoisotopic (exact) mass is 240 g/mol. The van der Waals surface area contributed by atoms with Crippen LogP contribution in [0.4, 0.5) is 11.5 Å². The molecule has 1 saturated heterocycles. The molecule has 1 aliphatic rings. The largest absolute Gasteiger partial charge is 0.391 e. The van der Waals surface area contributed by atoms with Crippen LogP contribution in [0.2, 0.25) is 0 Å². The molecule has 0 aromatic carbocycles. The van der Waals surface area contributed by atoms with Gasteiger partial charge in [0.1, 0.15) is 5.69 Å². The first kappa shape index (κ1) is 11.8. The van der Waals surface area contributed by atoms with E-state index < -0.39 is 6.10 Å². The SMILES string of the molecule is CCc1nn(C)c(N2CC[C@H](O)C2)c1[N+](=O)[O-]. The number of nitro groups is 1. The van der Waals surface area contributed by atoms with Crippen LogP contribution in [0.1, 0.15) is 19.0 Å². The van der Waals surface area contributed by atoms with Gasteiger partial charge in [0.2, 0.25) is 5.82 Å². The molecule has 1 aromatic heterocycles. The zero-order chi connectivity index (χ0) is 12.6. The van der Waals surface area contributed by atoms with Crippen LogP contribution in [0.15, 0.2) is 0 Å². The van der Waals surface area contributed by atoms with Crippen LogP contribution in [-0.2, 0) is 13.5 Å². The summed E-state index contributed by atoms with van der Waals surface area (Å²) in [6.45, 7) is 2.91. The standard InChI is InChI=1S/C10H16N4O3/c1-3-8-9(14(16)17)10(12(2)11-8)13-5-4-7(15)6-13/h7,15H,3-6H2,1-2H3/t7-/m0/s1. The van der Waals surface area contributed by atoms with Gasteiger partial charge >= 0.3 is 5.69 Å². The van der Waals surface area contributed by atoms with Crippen molar-refractivity contribution in [3.63, 3.8) is 0 Å². The highest BCUT2D eigenvalue weighted by molar-refractivity contribution is 5.62. The lowest BCUT2D eigenvalue weighted by Gasteiger charge is -2.16. The lowest BCUT2D eigenvalue weighted by molar-refractivity contribution is -0.384. The van der Waals surface area contributed by atoms with Gasteiger partial charge in [-0.2, -0.15) is 5.10 Å². The minimum absolute atomic E-state index is 0.0732. The normalized spacial score (nSPS) is 19.9. The van der Waals surface area contributed by atoms with E-state index in [1.54, 1.807) is 7.05 Å². The van der Waals surface area contributed by atoms with Crippen LogP contribution >= 0.6 is 0 Å². The topological polar surface area (TPSA) is 84.4 Å². The van der Waals surface area contributed by atoms with Crippen LogP contribution < -0.4 is 4.90 Å². The fourth-order valence-electron chi connectivity index (χ4n) is 2.27. The number of aliphatic hydroxyl groups excluding tert-OH is 1. The summed E-state index contributed by atoms with van der Waals surface area (Å²) >= 11 is 0. The summed E-state index contributed by atoms with van der Waals surface area (Å²) in [6.07, 6.45) is 0.763. The number of aryl methyl sites for hydroxylation is 2. The zero-order valence-electron chi connectivity index (χ0n) is 9.96. The second-order valence-electron chi connectivity index (χ2n) is 4.24. The molecule has 0 radical (unpaired) electrons. The van der Waals surface area contributed by atoms with Gasteiger partial charge in [-0.3, -0.25) is 10.1 Å². The Labute approximate surface area is 98.8 Å². The number of β-amino-alcohol motifs (C(OH)–C–C–N with tert-alkyl or cyclic N) is 1. The molecule has 0 unspecified atom stereocenters. The summed E-state index contributed by atoms with van der Waals surface area (Å²) in [6, 6.07) is 0. The molecule has 1 N–H and O–H groups in total.